The van der Waals surface area contributed by atoms with Gasteiger partial charge in [0.1, 0.15) is 6.61 Å². The molecule has 3 rings (SSSR count). The second-order valence-electron chi connectivity index (χ2n) is 6.68. The standard InChI is InChI=1S/C20H22N2O5/c23-15-20(17-9-5-2-6-10-17)12-11-18(22(25)26)13-21(20)19(24)27-14-16-7-3-1-4-8-16/h1-10,18,23H,11-15H2/t18?,20-/m1/s1. The van der Waals surface area contributed by atoms with Gasteiger partial charge in [-0.3, -0.25) is 15.0 Å². The lowest BCUT2D eigenvalue weighted by Gasteiger charge is -2.46. The van der Waals surface area contributed by atoms with Crippen molar-refractivity contribution in [2.24, 2.45) is 0 Å². The van der Waals surface area contributed by atoms with E-state index in [1.807, 2.05) is 60.7 Å². The molecule has 1 heterocycles. The van der Waals surface area contributed by atoms with E-state index in [1.54, 1.807) is 0 Å². The number of nitrogens with zero attached hydrogens (tertiary/aromatic N) is 2. The summed E-state index contributed by atoms with van der Waals surface area (Å²) >= 11 is 0. The molecule has 1 amide bonds. The molecule has 0 aliphatic carbocycles. The molecule has 0 aromatic heterocycles. The minimum Gasteiger partial charge on any atom is -0.445 e. The molecule has 0 saturated carbocycles. The van der Waals surface area contributed by atoms with Crippen molar-refractivity contribution in [3.8, 4) is 0 Å². The molecule has 2 aromatic carbocycles. The van der Waals surface area contributed by atoms with Crippen LogP contribution in [0.2, 0.25) is 0 Å². The Morgan fingerprint density at radius 2 is 1.81 bits per heavy atom. The number of hydrogen-bond donors (Lipinski definition) is 1. The molecule has 1 saturated heterocycles. The van der Waals surface area contributed by atoms with E-state index in [1.165, 1.54) is 4.90 Å². The summed E-state index contributed by atoms with van der Waals surface area (Å²) in [5, 5.41) is 21.5. The summed E-state index contributed by atoms with van der Waals surface area (Å²) in [6, 6.07) is 17.5. The van der Waals surface area contributed by atoms with Gasteiger partial charge in [0.05, 0.1) is 18.7 Å². The van der Waals surface area contributed by atoms with Crippen LogP contribution in [-0.2, 0) is 16.9 Å². The number of nitro groups is 1. The summed E-state index contributed by atoms with van der Waals surface area (Å²) in [7, 11) is 0. The topological polar surface area (TPSA) is 92.9 Å². The molecule has 1 unspecified atom stereocenters. The van der Waals surface area contributed by atoms with Crippen molar-refractivity contribution in [2.75, 3.05) is 13.2 Å². The zero-order chi connectivity index (χ0) is 19.3. The third-order valence-electron chi connectivity index (χ3n) is 5.10. The fourth-order valence-corrected chi connectivity index (χ4v) is 3.54. The van der Waals surface area contributed by atoms with E-state index in [4.69, 9.17) is 4.74 Å². The Hall–Kier alpha value is -2.93. The van der Waals surface area contributed by atoms with Crippen molar-refractivity contribution in [3.63, 3.8) is 0 Å². The highest BCUT2D eigenvalue weighted by Crippen LogP contribution is 2.38. The van der Waals surface area contributed by atoms with E-state index in [9.17, 15) is 20.0 Å². The summed E-state index contributed by atoms with van der Waals surface area (Å²) in [6.45, 7) is -0.367. The van der Waals surface area contributed by atoms with Gasteiger partial charge in [0.2, 0.25) is 6.04 Å². The molecule has 27 heavy (non-hydrogen) atoms. The molecule has 1 fully saturated rings. The van der Waals surface area contributed by atoms with Crippen LogP contribution in [0.4, 0.5) is 4.79 Å². The Kier molecular flexibility index (Phi) is 5.71. The molecular weight excluding hydrogens is 348 g/mol. The molecule has 1 N–H and O–H groups in total. The molecule has 7 nitrogen and oxygen atoms in total. The van der Waals surface area contributed by atoms with Gasteiger partial charge in [0, 0.05) is 11.3 Å². The quantitative estimate of drug-likeness (QED) is 0.645. The highest BCUT2D eigenvalue weighted by Gasteiger charge is 2.49. The summed E-state index contributed by atoms with van der Waals surface area (Å²) in [4.78, 5) is 25.1. The number of carbonyl (C=O) groups is 1. The van der Waals surface area contributed by atoms with Crippen molar-refractivity contribution in [3.05, 3.63) is 81.9 Å². The number of rotatable bonds is 5. The predicted molar refractivity (Wildman–Crippen MR) is 98.6 cm³/mol. The maximum atomic E-state index is 12.9. The third kappa shape index (κ3) is 3.93. The lowest BCUT2D eigenvalue weighted by atomic mass is 9.80. The van der Waals surface area contributed by atoms with Crippen LogP contribution in [0.15, 0.2) is 60.7 Å². The maximum absolute atomic E-state index is 12.9. The average molecular weight is 370 g/mol. The number of hydrogen-bond acceptors (Lipinski definition) is 5. The smallest absolute Gasteiger partial charge is 0.411 e. The Bertz CT molecular complexity index is 783. The van der Waals surface area contributed by atoms with Gasteiger partial charge in [-0.1, -0.05) is 60.7 Å². The van der Waals surface area contributed by atoms with E-state index >= 15 is 0 Å². The zero-order valence-electron chi connectivity index (χ0n) is 14.9. The number of aliphatic hydroxyl groups excluding tert-OH is 1. The molecule has 7 heteroatoms. The first-order valence-electron chi connectivity index (χ1n) is 8.85. The Morgan fingerprint density at radius 1 is 1.19 bits per heavy atom. The van der Waals surface area contributed by atoms with Gasteiger partial charge in [-0.05, 0) is 17.5 Å². The summed E-state index contributed by atoms with van der Waals surface area (Å²) in [6.07, 6.45) is -0.0897. The molecule has 0 radical (unpaired) electrons. The molecule has 2 atom stereocenters. The minimum atomic E-state index is -1.03. The number of carbonyl (C=O) groups excluding carboxylic acids is 1. The van der Waals surface area contributed by atoms with Crippen molar-refractivity contribution >= 4 is 6.09 Å². The van der Waals surface area contributed by atoms with Crippen LogP contribution >= 0.6 is 0 Å². The predicted octanol–water partition coefficient (Wildman–Crippen LogP) is 2.95. The molecule has 0 bridgehead atoms. The first-order chi connectivity index (χ1) is 13.1. The van der Waals surface area contributed by atoms with Crippen molar-refractivity contribution < 1.29 is 19.6 Å². The van der Waals surface area contributed by atoms with E-state index in [2.05, 4.69) is 0 Å². The maximum Gasteiger partial charge on any atom is 0.411 e. The summed E-state index contributed by atoms with van der Waals surface area (Å²) in [5.41, 5.74) is 0.538. The van der Waals surface area contributed by atoms with E-state index in [0.29, 0.717) is 6.42 Å². The fraction of sp³-hybridized carbons (Fsp3) is 0.350. The summed E-state index contributed by atoms with van der Waals surface area (Å²) < 4.78 is 5.43. The van der Waals surface area contributed by atoms with Crippen molar-refractivity contribution in [1.29, 1.82) is 0 Å². The van der Waals surface area contributed by atoms with Crippen LogP contribution < -0.4 is 0 Å². The lowest BCUT2D eigenvalue weighted by Crippen LogP contribution is -2.59. The molecule has 2 aromatic rings. The number of piperidine rings is 1. The highest BCUT2D eigenvalue weighted by atomic mass is 16.6. The Balaban J connectivity index is 1.87. The largest absolute Gasteiger partial charge is 0.445 e. The monoisotopic (exact) mass is 370 g/mol. The fourth-order valence-electron chi connectivity index (χ4n) is 3.54. The van der Waals surface area contributed by atoms with Gasteiger partial charge in [-0.25, -0.2) is 4.79 Å². The van der Waals surface area contributed by atoms with Crippen LogP contribution in [0.5, 0.6) is 0 Å². The van der Waals surface area contributed by atoms with E-state index < -0.39 is 17.7 Å². The van der Waals surface area contributed by atoms with Gasteiger partial charge < -0.3 is 9.84 Å². The average Bonchev–Trinajstić information content (AvgIpc) is 2.72. The number of amides is 1. The molecule has 1 aliphatic heterocycles. The number of benzene rings is 2. The van der Waals surface area contributed by atoms with Gasteiger partial charge in [-0.2, -0.15) is 0 Å². The molecule has 142 valence electrons. The van der Waals surface area contributed by atoms with E-state index in [-0.39, 0.29) is 31.1 Å². The zero-order valence-corrected chi connectivity index (χ0v) is 14.9. The summed E-state index contributed by atoms with van der Waals surface area (Å²) in [5.74, 6) is 0. The normalized spacial score (nSPS) is 22.3. The minimum absolute atomic E-state index is 0.0651. The highest BCUT2D eigenvalue weighted by molar-refractivity contribution is 5.69. The Morgan fingerprint density at radius 3 is 2.41 bits per heavy atom. The van der Waals surface area contributed by atoms with Crippen LogP contribution in [0.3, 0.4) is 0 Å². The Labute approximate surface area is 157 Å². The molecular formula is C20H22N2O5. The third-order valence-corrected chi connectivity index (χ3v) is 5.10. The van der Waals surface area contributed by atoms with Gasteiger partial charge in [0.25, 0.3) is 0 Å². The van der Waals surface area contributed by atoms with E-state index in [0.717, 1.165) is 11.1 Å². The van der Waals surface area contributed by atoms with Gasteiger partial charge in [-0.15, -0.1) is 0 Å². The van der Waals surface area contributed by atoms with Crippen molar-refractivity contribution in [1.82, 2.24) is 4.90 Å². The SMILES string of the molecule is O=C(OCc1ccccc1)N1CC([N+](=O)[O-])CC[C@@]1(CO)c1ccccc1. The van der Waals surface area contributed by atoms with Crippen LogP contribution in [0, 0.1) is 10.1 Å². The van der Waals surface area contributed by atoms with Crippen molar-refractivity contribution in [2.45, 2.75) is 31.0 Å². The number of likely N-dealkylation sites (tertiary alicyclic amines) is 1. The first kappa shape index (κ1) is 18.8. The van der Waals surface area contributed by atoms with Gasteiger partial charge in [0.15, 0.2) is 0 Å². The van der Waals surface area contributed by atoms with Crippen LogP contribution in [0.25, 0.3) is 0 Å². The number of ether oxygens (including phenoxy) is 1. The second-order valence-corrected chi connectivity index (χ2v) is 6.68. The second kappa shape index (κ2) is 8.18. The molecule has 1 aliphatic rings. The molecule has 0 spiro atoms. The first-order valence-corrected chi connectivity index (χ1v) is 8.85. The van der Waals surface area contributed by atoms with Crippen LogP contribution in [0.1, 0.15) is 24.0 Å². The van der Waals surface area contributed by atoms with Gasteiger partial charge >= 0.3 is 6.09 Å². The number of aliphatic hydroxyl groups is 1. The van der Waals surface area contributed by atoms with Crippen LogP contribution in [-0.4, -0.2) is 40.2 Å². The lowest BCUT2D eigenvalue weighted by molar-refractivity contribution is -0.528.